The molecule has 0 spiro atoms. The second kappa shape index (κ2) is 8.80. The Morgan fingerprint density at radius 2 is 1.95 bits per heavy atom. The molecule has 0 radical (unpaired) electrons. The van der Waals surface area contributed by atoms with Gasteiger partial charge in [0.2, 0.25) is 0 Å². The predicted octanol–water partition coefficient (Wildman–Crippen LogP) is 3.35. The zero-order valence-corrected chi connectivity index (χ0v) is 13.3. The molecule has 1 N–H and O–H groups in total. The van der Waals surface area contributed by atoms with E-state index < -0.39 is 0 Å². The zero-order valence-electron chi connectivity index (χ0n) is 13.3. The number of nitrogens with one attached hydrogen (secondary N) is 1. The monoisotopic (exact) mass is 289 g/mol. The van der Waals surface area contributed by atoms with E-state index in [1.165, 1.54) is 17.3 Å². The second-order valence-electron chi connectivity index (χ2n) is 5.28. The van der Waals surface area contributed by atoms with Crippen LogP contribution in [0.4, 0.5) is 0 Å². The van der Waals surface area contributed by atoms with Crippen LogP contribution in [0.1, 0.15) is 38.8 Å². The Balaban J connectivity index is 1.76. The van der Waals surface area contributed by atoms with Crippen LogP contribution in [0.25, 0.3) is 10.9 Å². The predicted molar refractivity (Wildman–Crippen MR) is 87.5 cm³/mol. The summed E-state index contributed by atoms with van der Waals surface area (Å²) in [5.74, 6) is 0. The fourth-order valence-electron chi connectivity index (χ4n) is 2.42. The maximum absolute atomic E-state index is 5.56. The molecule has 0 aliphatic heterocycles. The maximum Gasteiger partial charge on any atom is 0.0841 e. The third kappa shape index (κ3) is 4.55. The largest absolute Gasteiger partial charge is 0.381 e. The van der Waals surface area contributed by atoms with Crippen molar-refractivity contribution in [3.05, 3.63) is 30.0 Å². The van der Waals surface area contributed by atoms with Crippen LogP contribution in [0.5, 0.6) is 0 Å². The van der Waals surface area contributed by atoms with Gasteiger partial charge in [0.1, 0.15) is 0 Å². The average molecular weight is 289 g/mol. The van der Waals surface area contributed by atoms with Gasteiger partial charge in [-0.2, -0.15) is 5.10 Å². The topological polar surface area (TPSA) is 39.1 Å². The van der Waals surface area contributed by atoms with Gasteiger partial charge in [0.25, 0.3) is 0 Å². The number of aromatic nitrogens is 2. The first-order valence-corrected chi connectivity index (χ1v) is 8.09. The van der Waals surface area contributed by atoms with Crippen LogP contribution in [0, 0.1) is 0 Å². The molecule has 0 aliphatic rings. The number of unbranched alkanes of at least 4 members (excludes halogenated alkanes) is 1. The highest BCUT2D eigenvalue weighted by atomic mass is 16.5. The molecule has 0 saturated carbocycles. The summed E-state index contributed by atoms with van der Waals surface area (Å²) in [4.78, 5) is 0. The highest BCUT2D eigenvalue weighted by molar-refractivity contribution is 5.81. The second-order valence-corrected chi connectivity index (χ2v) is 5.28. The van der Waals surface area contributed by atoms with Crippen molar-refractivity contribution in [2.75, 3.05) is 19.8 Å². The first-order chi connectivity index (χ1) is 10.4. The minimum absolute atomic E-state index is 0.822. The normalized spacial score (nSPS) is 11.3. The lowest BCUT2D eigenvalue weighted by atomic mass is 10.2. The number of fused-ring (bicyclic) bond motifs is 1. The Kier molecular flexibility index (Phi) is 6.70. The lowest BCUT2D eigenvalue weighted by molar-refractivity contribution is 0.128. The molecule has 4 heteroatoms. The van der Waals surface area contributed by atoms with Crippen molar-refractivity contribution >= 4 is 10.9 Å². The van der Waals surface area contributed by atoms with Gasteiger partial charge >= 0.3 is 0 Å². The Morgan fingerprint density at radius 1 is 1.14 bits per heavy atom. The molecule has 0 unspecified atom stereocenters. The molecule has 0 amide bonds. The van der Waals surface area contributed by atoms with Crippen LogP contribution in [-0.2, 0) is 17.8 Å². The molecule has 0 aliphatic carbocycles. The maximum atomic E-state index is 5.56. The van der Waals surface area contributed by atoms with E-state index in [0.29, 0.717) is 0 Å². The Bertz CT molecular complexity index is 536. The number of nitrogens with zero attached hydrogens (tertiary/aromatic N) is 2. The Hall–Kier alpha value is -1.39. The van der Waals surface area contributed by atoms with Gasteiger partial charge in [-0.25, -0.2) is 0 Å². The van der Waals surface area contributed by atoms with E-state index in [1.807, 2.05) is 0 Å². The van der Waals surface area contributed by atoms with Crippen LogP contribution in [-0.4, -0.2) is 29.5 Å². The van der Waals surface area contributed by atoms with Gasteiger partial charge in [-0.3, -0.25) is 4.68 Å². The number of hydrogen-bond donors (Lipinski definition) is 1. The summed E-state index contributed by atoms with van der Waals surface area (Å²) in [6, 6.07) is 8.44. The summed E-state index contributed by atoms with van der Waals surface area (Å²) in [6.07, 6.45) is 3.41. The number of aryl methyl sites for hydroxylation is 1. The summed E-state index contributed by atoms with van der Waals surface area (Å²) in [5, 5.41) is 9.41. The molecular formula is C17H27N3O. The molecular weight excluding hydrogens is 262 g/mol. The summed E-state index contributed by atoms with van der Waals surface area (Å²) in [7, 11) is 0. The van der Waals surface area contributed by atoms with Crippen molar-refractivity contribution in [3.8, 4) is 0 Å². The fourth-order valence-corrected chi connectivity index (χ4v) is 2.42. The average Bonchev–Trinajstić information content (AvgIpc) is 2.88. The third-order valence-corrected chi connectivity index (χ3v) is 3.61. The molecule has 1 heterocycles. The van der Waals surface area contributed by atoms with E-state index in [0.717, 1.165) is 51.4 Å². The minimum atomic E-state index is 0.822. The number of para-hydroxylation sites is 1. The van der Waals surface area contributed by atoms with Crippen molar-refractivity contribution in [2.24, 2.45) is 0 Å². The standard InChI is InChI=1S/C17H27N3O/c1-3-5-12-21-13-8-11-18-14-16-15-9-6-7-10-17(15)20(4-2)19-16/h6-7,9-10,18H,3-5,8,11-14H2,1-2H3. The summed E-state index contributed by atoms with van der Waals surface area (Å²) < 4.78 is 7.63. The van der Waals surface area contributed by atoms with Gasteiger partial charge in [-0.1, -0.05) is 31.5 Å². The Morgan fingerprint density at radius 3 is 2.76 bits per heavy atom. The lowest BCUT2D eigenvalue weighted by Gasteiger charge is -2.04. The highest BCUT2D eigenvalue weighted by Crippen LogP contribution is 2.18. The van der Waals surface area contributed by atoms with Gasteiger partial charge in [0.15, 0.2) is 0 Å². The van der Waals surface area contributed by atoms with Crippen molar-refractivity contribution in [1.29, 1.82) is 0 Å². The molecule has 0 saturated heterocycles. The van der Waals surface area contributed by atoms with Crippen molar-refractivity contribution < 1.29 is 4.74 Å². The Labute approximate surface area is 127 Å². The SMILES string of the molecule is CCCCOCCCNCc1nn(CC)c2ccccc12. The lowest BCUT2D eigenvalue weighted by Crippen LogP contribution is -2.17. The van der Waals surface area contributed by atoms with E-state index in [1.54, 1.807) is 0 Å². The highest BCUT2D eigenvalue weighted by Gasteiger charge is 2.07. The van der Waals surface area contributed by atoms with Gasteiger partial charge in [0, 0.05) is 31.7 Å². The van der Waals surface area contributed by atoms with Gasteiger partial charge < -0.3 is 10.1 Å². The molecule has 0 fully saturated rings. The number of hydrogen-bond acceptors (Lipinski definition) is 3. The van der Waals surface area contributed by atoms with E-state index in [9.17, 15) is 0 Å². The summed E-state index contributed by atoms with van der Waals surface area (Å²) in [5.41, 5.74) is 2.36. The van der Waals surface area contributed by atoms with Crippen molar-refractivity contribution in [2.45, 2.75) is 46.2 Å². The molecule has 0 atom stereocenters. The van der Waals surface area contributed by atoms with Gasteiger partial charge in [-0.05, 0) is 32.4 Å². The molecule has 0 bridgehead atoms. The number of benzene rings is 1. The molecule has 21 heavy (non-hydrogen) atoms. The van der Waals surface area contributed by atoms with Crippen LogP contribution >= 0.6 is 0 Å². The van der Waals surface area contributed by atoms with E-state index >= 15 is 0 Å². The molecule has 2 rings (SSSR count). The van der Waals surface area contributed by atoms with Crippen LogP contribution in [0.15, 0.2) is 24.3 Å². The zero-order chi connectivity index (χ0) is 14.9. The van der Waals surface area contributed by atoms with Crippen molar-refractivity contribution in [3.63, 3.8) is 0 Å². The number of rotatable bonds is 10. The molecule has 1 aromatic carbocycles. The van der Waals surface area contributed by atoms with Crippen molar-refractivity contribution in [1.82, 2.24) is 15.1 Å². The smallest absolute Gasteiger partial charge is 0.0841 e. The van der Waals surface area contributed by atoms with Crippen LogP contribution in [0.3, 0.4) is 0 Å². The first kappa shape index (κ1) is 16.0. The van der Waals surface area contributed by atoms with E-state index in [4.69, 9.17) is 4.74 Å². The van der Waals surface area contributed by atoms with Gasteiger partial charge in [-0.15, -0.1) is 0 Å². The molecule has 1 aromatic heterocycles. The minimum Gasteiger partial charge on any atom is -0.381 e. The quantitative estimate of drug-likeness (QED) is 0.682. The van der Waals surface area contributed by atoms with Crippen LogP contribution < -0.4 is 5.32 Å². The molecule has 116 valence electrons. The molecule has 4 nitrogen and oxygen atoms in total. The van der Waals surface area contributed by atoms with Gasteiger partial charge in [0.05, 0.1) is 11.2 Å². The third-order valence-electron chi connectivity index (χ3n) is 3.61. The summed E-state index contributed by atoms with van der Waals surface area (Å²) in [6.45, 7) is 8.75. The summed E-state index contributed by atoms with van der Waals surface area (Å²) >= 11 is 0. The van der Waals surface area contributed by atoms with E-state index in [-0.39, 0.29) is 0 Å². The fraction of sp³-hybridized carbons (Fsp3) is 0.588. The first-order valence-electron chi connectivity index (χ1n) is 8.09. The number of ether oxygens (including phenoxy) is 1. The molecule has 2 aromatic rings. The van der Waals surface area contributed by atoms with Crippen LogP contribution in [0.2, 0.25) is 0 Å². The van der Waals surface area contributed by atoms with E-state index in [2.05, 4.69) is 53.2 Å².